The number of carbonyl (C=O) groups is 1. The van der Waals surface area contributed by atoms with E-state index in [9.17, 15) is 9.59 Å². The number of nitrogens with one attached hydrogen (secondary N) is 1. The minimum absolute atomic E-state index is 0.167. The SMILES string of the molecule is CCCNC(=O)Cn1nc2c(-c3nc(-c4ccc(Cl)cc4)no3)cccn2c1=O. The van der Waals surface area contributed by atoms with Gasteiger partial charge in [-0.2, -0.15) is 4.98 Å². The Kier molecular flexibility index (Phi) is 5.13. The summed E-state index contributed by atoms with van der Waals surface area (Å²) in [4.78, 5) is 29.0. The van der Waals surface area contributed by atoms with E-state index in [-0.39, 0.29) is 18.3 Å². The van der Waals surface area contributed by atoms with Crippen molar-refractivity contribution in [3.05, 3.63) is 58.1 Å². The summed E-state index contributed by atoms with van der Waals surface area (Å²) in [7, 11) is 0. The van der Waals surface area contributed by atoms with Crippen LogP contribution in [0.4, 0.5) is 0 Å². The molecule has 148 valence electrons. The van der Waals surface area contributed by atoms with Crippen molar-refractivity contribution in [1.82, 2.24) is 29.6 Å². The van der Waals surface area contributed by atoms with Gasteiger partial charge in [0, 0.05) is 23.3 Å². The molecule has 0 unspecified atom stereocenters. The number of hydrogen-bond donors (Lipinski definition) is 1. The van der Waals surface area contributed by atoms with Gasteiger partial charge in [-0.25, -0.2) is 13.9 Å². The first-order valence-electron chi connectivity index (χ1n) is 9.01. The minimum atomic E-state index is -0.425. The Morgan fingerprint density at radius 2 is 2.03 bits per heavy atom. The van der Waals surface area contributed by atoms with Crippen LogP contribution in [0.5, 0.6) is 0 Å². The van der Waals surface area contributed by atoms with Crippen LogP contribution in [0, 0.1) is 0 Å². The van der Waals surface area contributed by atoms with Crippen LogP contribution < -0.4 is 11.0 Å². The molecular formula is C19H17ClN6O3. The molecule has 0 aliphatic heterocycles. The predicted molar refractivity (Wildman–Crippen MR) is 106 cm³/mol. The van der Waals surface area contributed by atoms with Gasteiger partial charge in [0.15, 0.2) is 5.65 Å². The number of amides is 1. The van der Waals surface area contributed by atoms with Gasteiger partial charge in [0.2, 0.25) is 11.7 Å². The van der Waals surface area contributed by atoms with Gasteiger partial charge in [0.1, 0.15) is 6.54 Å². The van der Waals surface area contributed by atoms with Crippen molar-refractivity contribution in [1.29, 1.82) is 0 Å². The van der Waals surface area contributed by atoms with Crippen molar-refractivity contribution >= 4 is 23.2 Å². The summed E-state index contributed by atoms with van der Waals surface area (Å²) in [5.74, 6) is 0.328. The lowest BCUT2D eigenvalue weighted by Gasteiger charge is -2.01. The summed E-state index contributed by atoms with van der Waals surface area (Å²) < 4.78 is 7.84. The molecule has 29 heavy (non-hydrogen) atoms. The van der Waals surface area contributed by atoms with E-state index in [1.54, 1.807) is 42.6 Å². The zero-order chi connectivity index (χ0) is 20.4. The maximum atomic E-state index is 12.6. The summed E-state index contributed by atoms with van der Waals surface area (Å²) >= 11 is 5.91. The average Bonchev–Trinajstić information content (AvgIpc) is 3.33. The normalized spacial score (nSPS) is 11.1. The summed E-state index contributed by atoms with van der Waals surface area (Å²) in [6.07, 6.45) is 2.38. The second-order valence-corrected chi connectivity index (χ2v) is 6.77. The Balaban J connectivity index is 1.70. The molecule has 3 heterocycles. The summed E-state index contributed by atoms with van der Waals surface area (Å²) in [6.45, 7) is 2.33. The highest BCUT2D eigenvalue weighted by Gasteiger charge is 2.18. The van der Waals surface area contributed by atoms with Crippen LogP contribution in [0.25, 0.3) is 28.5 Å². The first-order valence-corrected chi connectivity index (χ1v) is 9.39. The van der Waals surface area contributed by atoms with Crippen LogP contribution in [-0.4, -0.2) is 36.8 Å². The molecule has 4 rings (SSSR count). The molecule has 0 aliphatic carbocycles. The van der Waals surface area contributed by atoms with Crippen LogP contribution in [0.2, 0.25) is 5.02 Å². The van der Waals surface area contributed by atoms with E-state index in [1.165, 1.54) is 4.40 Å². The summed E-state index contributed by atoms with van der Waals surface area (Å²) in [6, 6.07) is 10.4. The van der Waals surface area contributed by atoms with Gasteiger partial charge in [0.25, 0.3) is 5.89 Å². The maximum absolute atomic E-state index is 12.6. The quantitative estimate of drug-likeness (QED) is 0.521. The summed E-state index contributed by atoms with van der Waals surface area (Å²) in [5.41, 5.74) is 1.13. The fourth-order valence-corrected chi connectivity index (χ4v) is 2.94. The Labute approximate surface area is 169 Å². The average molecular weight is 413 g/mol. The van der Waals surface area contributed by atoms with E-state index in [0.29, 0.717) is 28.6 Å². The topological polar surface area (TPSA) is 107 Å². The van der Waals surface area contributed by atoms with Gasteiger partial charge in [0.05, 0.1) is 5.56 Å². The number of nitrogens with zero attached hydrogens (tertiary/aromatic N) is 5. The minimum Gasteiger partial charge on any atom is -0.355 e. The Morgan fingerprint density at radius 3 is 2.79 bits per heavy atom. The standard InChI is InChI=1S/C19H17ClN6O3/c1-2-9-21-15(27)11-26-19(28)25-10-3-4-14(17(25)23-26)18-22-16(24-29-18)12-5-7-13(20)8-6-12/h3-8,10H,2,9,11H2,1H3,(H,21,27). The highest BCUT2D eigenvalue weighted by molar-refractivity contribution is 6.30. The molecule has 0 saturated heterocycles. The lowest BCUT2D eigenvalue weighted by Crippen LogP contribution is -2.33. The number of fused-ring (bicyclic) bond motifs is 1. The third-order valence-corrected chi connectivity index (χ3v) is 4.49. The summed E-state index contributed by atoms with van der Waals surface area (Å²) in [5, 5.41) is 11.6. The zero-order valence-electron chi connectivity index (χ0n) is 15.5. The van der Waals surface area contributed by atoms with Crippen LogP contribution >= 0.6 is 11.6 Å². The molecule has 1 amide bonds. The highest BCUT2D eigenvalue weighted by Crippen LogP contribution is 2.25. The Hall–Kier alpha value is -3.46. The molecule has 0 radical (unpaired) electrons. The van der Waals surface area contributed by atoms with Crippen molar-refractivity contribution < 1.29 is 9.32 Å². The maximum Gasteiger partial charge on any atom is 0.350 e. The van der Waals surface area contributed by atoms with Crippen LogP contribution in [-0.2, 0) is 11.3 Å². The second kappa shape index (κ2) is 7.88. The van der Waals surface area contributed by atoms with E-state index in [0.717, 1.165) is 16.7 Å². The van der Waals surface area contributed by atoms with Crippen molar-refractivity contribution in [2.45, 2.75) is 19.9 Å². The van der Waals surface area contributed by atoms with Crippen molar-refractivity contribution in [3.63, 3.8) is 0 Å². The Morgan fingerprint density at radius 1 is 1.24 bits per heavy atom. The molecule has 10 heteroatoms. The van der Waals surface area contributed by atoms with Gasteiger partial charge in [-0.05, 0) is 42.8 Å². The van der Waals surface area contributed by atoms with E-state index in [1.807, 2.05) is 6.92 Å². The van der Waals surface area contributed by atoms with E-state index in [4.69, 9.17) is 16.1 Å². The van der Waals surface area contributed by atoms with Crippen molar-refractivity contribution in [2.24, 2.45) is 0 Å². The third kappa shape index (κ3) is 3.77. The second-order valence-electron chi connectivity index (χ2n) is 6.34. The first-order chi connectivity index (χ1) is 14.1. The first kappa shape index (κ1) is 18.9. The number of aromatic nitrogens is 5. The number of halogens is 1. The molecule has 0 atom stereocenters. The number of carbonyl (C=O) groups excluding carboxylic acids is 1. The van der Waals surface area contributed by atoms with Crippen molar-refractivity contribution in [3.8, 4) is 22.8 Å². The molecule has 1 aromatic carbocycles. The van der Waals surface area contributed by atoms with Crippen LogP contribution in [0.15, 0.2) is 51.9 Å². The van der Waals surface area contributed by atoms with E-state index < -0.39 is 5.69 Å². The lowest BCUT2D eigenvalue weighted by molar-refractivity contribution is -0.121. The smallest absolute Gasteiger partial charge is 0.350 e. The fraction of sp³-hybridized carbons (Fsp3) is 0.211. The Bertz CT molecular complexity index is 1220. The van der Waals surface area contributed by atoms with Crippen LogP contribution in [0.3, 0.4) is 0 Å². The molecule has 0 bridgehead atoms. The third-order valence-electron chi connectivity index (χ3n) is 4.23. The number of hydrogen-bond acceptors (Lipinski definition) is 6. The van der Waals surface area contributed by atoms with E-state index >= 15 is 0 Å². The largest absolute Gasteiger partial charge is 0.355 e. The van der Waals surface area contributed by atoms with Gasteiger partial charge in [-0.1, -0.05) is 23.7 Å². The molecule has 0 spiro atoms. The molecule has 1 N–H and O–H groups in total. The van der Waals surface area contributed by atoms with Gasteiger partial charge >= 0.3 is 5.69 Å². The molecule has 3 aromatic heterocycles. The van der Waals surface area contributed by atoms with E-state index in [2.05, 4.69) is 20.6 Å². The number of rotatable bonds is 6. The van der Waals surface area contributed by atoms with Gasteiger partial charge < -0.3 is 9.84 Å². The van der Waals surface area contributed by atoms with Crippen LogP contribution in [0.1, 0.15) is 13.3 Å². The lowest BCUT2D eigenvalue weighted by atomic mass is 10.2. The van der Waals surface area contributed by atoms with Crippen molar-refractivity contribution in [2.75, 3.05) is 6.54 Å². The molecule has 9 nitrogen and oxygen atoms in total. The molecule has 4 aromatic rings. The monoisotopic (exact) mass is 412 g/mol. The number of benzene rings is 1. The van der Waals surface area contributed by atoms with Gasteiger partial charge in [-0.3, -0.25) is 4.79 Å². The molecule has 0 aliphatic rings. The van der Waals surface area contributed by atoms with Gasteiger partial charge in [-0.15, -0.1) is 5.10 Å². The molecule has 0 fully saturated rings. The molecular weight excluding hydrogens is 396 g/mol. The predicted octanol–water partition coefficient (Wildman–Crippen LogP) is 2.39. The zero-order valence-corrected chi connectivity index (χ0v) is 16.3. The number of pyridine rings is 1. The fourth-order valence-electron chi connectivity index (χ4n) is 2.81. The molecule has 0 saturated carbocycles. The highest BCUT2D eigenvalue weighted by atomic mass is 35.5.